The van der Waals surface area contributed by atoms with Crippen LogP contribution in [0.1, 0.15) is 51.3 Å². The summed E-state index contributed by atoms with van der Waals surface area (Å²) in [7, 11) is 1.61. The molecule has 1 saturated heterocycles. The minimum absolute atomic E-state index is 0.171. The second kappa shape index (κ2) is 13.2. The molecular formula is C33H37N5O5. The van der Waals surface area contributed by atoms with Gasteiger partial charge in [-0.2, -0.15) is 0 Å². The van der Waals surface area contributed by atoms with Crippen molar-refractivity contribution in [1.29, 1.82) is 0 Å². The molecule has 2 aliphatic heterocycles. The summed E-state index contributed by atoms with van der Waals surface area (Å²) in [6.45, 7) is 8.06. The van der Waals surface area contributed by atoms with Crippen LogP contribution in [0.3, 0.4) is 0 Å². The van der Waals surface area contributed by atoms with E-state index in [1.54, 1.807) is 37.4 Å². The Balaban J connectivity index is 1.36. The Morgan fingerprint density at radius 3 is 2.51 bits per heavy atom. The number of rotatable bonds is 10. The van der Waals surface area contributed by atoms with Gasteiger partial charge in [-0.15, -0.1) is 0 Å². The summed E-state index contributed by atoms with van der Waals surface area (Å²) < 4.78 is 0. The Labute approximate surface area is 251 Å². The lowest BCUT2D eigenvalue weighted by Gasteiger charge is -2.31. The van der Waals surface area contributed by atoms with E-state index in [0.29, 0.717) is 58.4 Å². The molecule has 0 spiro atoms. The van der Waals surface area contributed by atoms with Gasteiger partial charge in [-0.25, -0.2) is 9.86 Å². The quantitative estimate of drug-likeness (QED) is 0.207. The molecule has 1 unspecified atom stereocenters. The summed E-state index contributed by atoms with van der Waals surface area (Å²) in [4.78, 5) is 46.2. The second-order valence-electron chi connectivity index (χ2n) is 10.8. The van der Waals surface area contributed by atoms with Crippen LogP contribution < -0.4 is 16.0 Å². The van der Waals surface area contributed by atoms with Gasteiger partial charge in [0.05, 0.1) is 29.1 Å². The maximum absolute atomic E-state index is 13.3. The zero-order valence-electron chi connectivity index (χ0n) is 24.6. The Kier molecular flexibility index (Phi) is 9.20. The molecule has 0 aromatic heterocycles. The second-order valence-corrected chi connectivity index (χ2v) is 10.8. The van der Waals surface area contributed by atoms with Crippen LogP contribution in [0.15, 0.2) is 66.7 Å². The molecule has 1 fully saturated rings. The zero-order chi connectivity index (χ0) is 30.5. The summed E-state index contributed by atoms with van der Waals surface area (Å²) in [5.74, 6) is -1.62. The standard InChI is InChI=1S/C33H37N5O5/c1-4-22-18-27-28(19-26(22)33(41)42)36-31(39)29(27)30(23-8-6-5-7-9-23)35-25-12-10-24(11-13-25)32(40)37(3)43-17-16-38-15-14-34-21(2)20-38/h5-13,18-19,21,34-35H,4,14-17,20H2,1-3H3,(H,36,39)(H,41,42). The largest absolute Gasteiger partial charge is 0.478 e. The summed E-state index contributed by atoms with van der Waals surface area (Å²) in [6.07, 6.45) is 0.507. The van der Waals surface area contributed by atoms with Crippen molar-refractivity contribution in [2.24, 2.45) is 0 Å². The van der Waals surface area contributed by atoms with E-state index in [1.165, 1.54) is 11.1 Å². The molecule has 0 bridgehead atoms. The van der Waals surface area contributed by atoms with Crippen molar-refractivity contribution in [3.05, 3.63) is 94.5 Å². The van der Waals surface area contributed by atoms with Gasteiger partial charge >= 0.3 is 5.97 Å². The molecule has 3 aromatic rings. The van der Waals surface area contributed by atoms with Gasteiger partial charge in [-0.05, 0) is 60.9 Å². The van der Waals surface area contributed by atoms with Crippen molar-refractivity contribution in [1.82, 2.24) is 15.3 Å². The number of aryl methyl sites for hydroxylation is 1. The molecule has 1 atom stereocenters. The number of piperazine rings is 1. The number of amides is 2. The topological polar surface area (TPSA) is 123 Å². The Morgan fingerprint density at radius 2 is 1.84 bits per heavy atom. The molecule has 5 rings (SSSR count). The van der Waals surface area contributed by atoms with Crippen molar-refractivity contribution < 1.29 is 24.3 Å². The normalized spacial score (nSPS) is 17.7. The highest BCUT2D eigenvalue weighted by molar-refractivity contribution is 6.37. The first-order valence-electron chi connectivity index (χ1n) is 14.5. The number of nitrogens with zero attached hydrogens (tertiary/aromatic N) is 2. The number of aromatic carboxylic acids is 1. The number of benzene rings is 3. The van der Waals surface area contributed by atoms with Crippen molar-refractivity contribution in [2.75, 3.05) is 50.5 Å². The van der Waals surface area contributed by atoms with Crippen molar-refractivity contribution in [2.45, 2.75) is 26.3 Å². The van der Waals surface area contributed by atoms with E-state index >= 15 is 0 Å². The third-order valence-corrected chi connectivity index (χ3v) is 7.74. The van der Waals surface area contributed by atoms with E-state index in [0.717, 1.165) is 31.7 Å². The van der Waals surface area contributed by atoms with E-state index in [-0.39, 0.29) is 17.4 Å². The molecule has 4 N–H and O–H groups in total. The number of hydrogen-bond acceptors (Lipinski definition) is 7. The summed E-state index contributed by atoms with van der Waals surface area (Å²) in [6, 6.07) is 20.2. The number of hydroxylamine groups is 2. The third-order valence-electron chi connectivity index (χ3n) is 7.74. The Bertz CT molecular complexity index is 1540. The maximum atomic E-state index is 13.3. The lowest BCUT2D eigenvalue weighted by molar-refractivity contribution is -0.110. The van der Waals surface area contributed by atoms with Crippen molar-refractivity contribution >= 4 is 40.4 Å². The fraction of sp³-hybridized carbons (Fsp3) is 0.303. The molecule has 2 aliphatic rings. The van der Waals surface area contributed by atoms with Crippen LogP contribution in [0.5, 0.6) is 0 Å². The van der Waals surface area contributed by atoms with Gasteiger partial charge in [0.15, 0.2) is 0 Å². The van der Waals surface area contributed by atoms with Gasteiger partial charge in [-0.3, -0.25) is 19.3 Å². The molecule has 2 amide bonds. The number of carboxylic acids is 1. The number of carboxylic acid groups (broad SMARTS) is 1. The van der Waals surface area contributed by atoms with Crippen LogP contribution >= 0.6 is 0 Å². The van der Waals surface area contributed by atoms with Crippen molar-refractivity contribution in [3.63, 3.8) is 0 Å². The van der Waals surface area contributed by atoms with Crippen LogP contribution in [-0.2, 0) is 16.1 Å². The van der Waals surface area contributed by atoms with E-state index in [9.17, 15) is 19.5 Å². The molecule has 10 nitrogen and oxygen atoms in total. The van der Waals surface area contributed by atoms with Gasteiger partial charge < -0.3 is 21.1 Å². The molecule has 0 radical (unpaired) electrons. The molecule has 3 aromatic carbocycles. The van der Waals surface area contributed by atoms with Gasteiger partial charge in [0.1, 0.15) is 0 Å². The first-order valence-corrected chi connectivity index (χ1v) is 14.5. The van der Waals surface area contributed by atoms with E-state index in [2.05, 4.69) is 27.8 Å². The minimum Gasteiger partial charge on any atom is -0.478 e. The number of hydrogen-bond donors (Lipinski definition) is 4. The first-order chi connectivity index (χ1) is 20.7. The molecule has 224 valence electrons. The highest BCUT2D eigenvalue weighted by Gasteiger charge is 2.30. The van der Waals surface area contributed by atoms with E-state index in [1.807, 2.05) is 37.3 Å². The fourth-order valence-electron chi connectivity index (χ4n) is 5.49. The number of carbonyl (C=O) groups excluding carboxylic acids is 2. The van der Waals surface area contributed by atoms with Crippen LogP contribution in [0.25, 0.3) is 11.3 Å². The average Bonchev–Trinajstić information content (AvgIpc) is 3.33. The van der Waals surface area contributed by atoms with E-state index < -0.39 is 5.97 Å². The number of fused-ring (bicyclic) bond motifs is 1. The van der Waals surface area contributed by atoms with Crippen LogP contribution in [0.4, 0.5) is 11.4 Å². The molecule has 0 saturated carbocycles. The van der Waals surface area contributed by atoms with Crippen LogP contribution in [-0.4, -0.2) is 78.7 Å². The summed E-state index contributed by atoms with van der Waals surface area (Å²) in [5, 5.41) is 20.6. The van der Waals surface area contributed by atoms with Crippen molar-refractivity contribution in [3.8, 4) is 0 Å². The summed E-state index contributed by atoms with van der Waals surface area (Å²) in [5.41, 5.74) is 4.83. The third kappa shape index (κ3) is 6.77. The number of anilines is 2. The smallest absolute Gasteiger partial charge is 0.336 e. The van der Waals surface area contributed by atoms with Gasteiger partial charge in [0.25, 0.3) is 11.8 Å². The Hall–Kier alpha value is -4.51. The average molecular weight is 584 g/mol. The van der Waals surface area contributed by atoms with Crippen LogP contribution in [0, 0.1) is 0 Å². The molecule has 10 heteroatoms. The monoisotopic (exact) mass is 583 g/mol. The van der Waals surface area contributed by atoms with Gasteiger partial charge in [-0.1, -0.05) is 37.3 Å². The van der Waals surface area contributed by atoms with E-state index in [4.69, 9.17) is 4.84 Å². The molecule has 43 heavy (non-hydrogen) atoms. The first kappa shape index (κ1) is 30.0. The summed E-state index contributed by atoms with van der Waals surface area (Å²) >= 11 is 0. The highest BCUT2D eigenvalue weighted by atomic mass is 16.7. The SMILES string of the molecule is CCc1cc2c(cc1C(=O)O)NC(=O)C2=C(Nc1ccc(C(=O)N(C)OCCN2CCNC(C)C2)cc1)c1ccccc1. The Morgan fingerprint density at radius 1 is 1.09 bits per heavy atom. The number of carbonyl (C=O) groups is 3. The highest BCUT2D eigenvalue weighted by Crippen LogP contribution is 2.39. The number of nitrogens with one attached hydrogen (secondary N) is 3. The molecule has 2 heterocycles. The molecule has 0 aliphatic carbocycles. The lowest BCUT2D eigenvalue weighted by Crippen LogP contribution is -2.50. The van der Waals surface area contributed by atoms with Gasteiger partial charge in [0.2, 0.25) is 0 Å². The predicted octanol–water partition coefficient (Wildman–Crippen LogP) is 4.18. The lowest BCUT2D eigenvalue weighted by atomic mass is 9.95. The molecular weight excluding hydrogens is 546 g/mol. The fourth-order valence-corrected chi connectivity index (χ4v) is 5.49. The minimum atomic E-state index is -1.03. The predicted molar refractivity (Wildman–Crippen MR) is 167 cm³/mol. The van der Waals surface area contributed by atoms with Crippen LogP contribution in [0.2, 0.25) is 0 Å². The zero-order valence-corrected chi connectivity index (χ0v) is 24.6. The maximum Gasteiger partial charge on any atom is 0.336 e. The van der Waals surface area contributed by atoms with Gasteiger partial charge in [0, 0.05) is 56.1 Å².